The Hall–Kier alpha value is -1.27. The fourth-order valence-electron chi connectivity index (χ4n) is 1.36. The van der Waals surface area contributed by atoms with Crippen LogP contribution in [0.3, 0.4) is 0 Å². The zero-order valence-electron chi connectivity index (χ0n) is 10.3. The second-order valence-corrected chi connectivity index (χ2v) is 4.94. The molecule has 18 heavy (non-hydrogen) atoms. The second kappa shape index (κ2) is 7.23. The van der Waals surface area contributed by atoms with Crippen LogP contribution < -0.4 is 10.1 Å². The molecule has 0 aliphatic carbocycles. The molecule has 1 aromatic carbocycles. The highest BCUT2D eigenvalue weighted by atomic mass is 79.9. The average Bonchev–Trinajstić information content (AvgIpc) is 2.37. The van der Waals surface area contributed by atoms with E-state index < -0.39 is 0 Å². The first-order chi connectivity index (χ1) is 8.58. The van der Waals surface area contributed by atoms with Gasteiger partial charge in [-0.3, -0.25) is 4.79 Å². The van der Waals surface area contributed by atoms with Crippen LogP contribution in [0.15, 0.2) is 18.2 Å². The summed E-state index contributed by atoms with van der Waals surface area (Å²) in [5.41, 5.74) is 0.187. The van der Waals surface area contributed by atoms with Crippen molar-refractivity contribution in [2.45, 2.75) is 4.83 Å². The first-order valence-electron chi connectivity index (χ1n) is 5.36. The van der Waals surface area contributed by atoms with Crippen molar-refractivity contribution in [3.05, 3.63) is 23.8 Å². The molecule has 6 heteroatoms. The highest BCUT2D eigenvalue weighted by Gasteiger charge is 2.13. The number of nitrogens with one attached hydrogen (secondary N) is 1. The molecule has 0 radical (unpaired) electrons. The van der Waals surface area contributed by atoms with Gasteiger partial charge in [0, 0.05) is 13.7 Å². The molecule has 0 fully saturated rings. The van der Waals surface area contributed by atoms with Gasteiger partial charge in [0.25, 0.3) is 5.91 Å². The van der Waals surface area contributed by atoms with E-state index >= 15 is 0 Å². The van der Waals surface area contributed by atoms with Gasteiger partial charge in [0.15, 0.2) is 0 Å². The number of aromatic hydroxyl groups is 1. The third-order valence-electron chi connectivity index (χ3n) is 2.28. The first-order valence-corrected chi connectivity index (χ1v) is 6.28. The minimum Gasteiger partial charge on any atom is -0.507 e. The van der Waals surface area contributed by atoms with Crippen LogP contribution >= 0.6 is 15.9 Å². The molecule has 0 aromatic heterocycles. The van der Waals surface area contributed by atoms with Gasteiger partial charge in [0.2, 0.25) is 0 Å². The number of hydrogen-bond donors (Lipinski definition) is 2. The first kappa shape index (κ1) is 14.8. The SMILES string of the molecule is COCC(Br)CNC(=O)c1cc(OC)ccc1O. The van der Waals surface area contributed by atoms with Crippen molar-refractivity contribution in [2.24, 2.45) is 0 Å². The van der Waals surface area contributed by atoms with E-state index in [1.54, 1.807) is 13.2 Å². The molecule has 0 bridgehead atoms. The van der Waals surface area contributed by atoms with E-state index in [1.807, 2.05) is 0 Å². The van der Waals surface area contributed by atoms with E-state index in [0.717, 1.165) is 0 Å². The van der Waals surface area contributed by atoms with Crippen molar-refractivity contribution in [3.63, 3.8) is 0 Å². The largest absolute Gasteiger partial charge is 0.507 e. The van der Waals surface area contributed by atoms with E-state index in [-0.39, 0.29) is 22.0 Å². The number of phenolic OH excluding ortho intramolecular Hbond substituents is 1. The Labute approximate surface area is 114 Å². The fourth-order valence-corrected chi connectivity index (χ4v) is 1.79. The number of halogens is 1. The Kier molecular flexibility index (Phi) is 5.94. The van der Waals surface area contributed by atoms with Gasteiger partial charge < -0.3 is 19.9 Å². The summed E-state index contributed by atoms with van der Waals surface area (Å²) in [6.45, 7) is 0.897. The molecule has 100 valence electrons. The molecule has 0 aliphatic heterocycles. The summed E-state index contributed by atoms with van der Waals surface area (Å²) in [4.78, 5) is 11.9. The molecule has 0 saturated heterocycles. The molecule has 2 N–H and O–H groups in total. The van der Waals surface area contributed by atoms with E-state index in [0.29, 0.717) is 18.9 Å². The lowest BCUT2D eigenvalue weighted by Gasteiger charge is -2.11. The van der Waals surface area contributed by atoms with Crippen molar-refractivity contribution in [3.8, 4) is 11.5 Å². The summed E-state index contributed by atoms with van der Waals surface area (Å²) >= 11 is 3.36. The summed E-state index contributed by atoms with van der Waals surface area (Å²) in [5, 5.41) is 12.3. The predicted molar refractivity (Wildman–Crippen MR) is 71.6 cm³/mol. The topological polar surface area (TPSA) is 67.8 Å². The van der Waals surface area contributed by atoms with Crippen LogP contribution in [-0.4, -0.2) is 43.2 Å². The van der Waals surface area contributed by atoms with Crippen LogP contribution in [0.1, 0.15) is 10.4 Å². The molecule has 1 unspecified atom stereocenters. The number of amides is 1. The van der Waals surface area contributed by atoms with Crippen molar-refractivity contribution >= 4 is 21.8 Å². The van der Waals surface area contributed by atoms with Gasteiger partial charge >= 0.3 is 0 Å². The number of methoxy groups -OCH3 is 2. The highest BCUT2D eigenvalue weighted by molar-refractivity contribution is 9.09. The quantitative estimate of drug-likeness (QED) is 0.781. The summed E-state index contributed by atoms with van der Waals surface area (Å²) in [6, 6.07) is 4.50. The number of benzene rings is 1. The maximum absolute atomic E-state index is 11.9. The van der Waals surface area contributed by atoms with Gasteiger partial charge in [-0.1, -0.05) is 15.9 Å². The van der Waals surface area contributed by atoms with Crippen LogP contribution in [0.4, 0.5) is 0 Å². The summed E-state index contributed by atoms with van der Waals surface area (Å²) in [7, 11) is 3.09. The summed E-state index contributed by atoms with van der Waals surface area (Å²) in [6.07, 6.45) is 0. The smallest absolute Gasteiger partial charge is 0.255 e. The lowest BCUT2D eigenvalue weighted by Crippen LogP contribution is -2.31. The Bertz CT molecular complexity index is 411. The zero-order chi connectivity index (χ0) is 13.5. The molecule has 1 atom stereocenters. The molecule has 0 aliphatic rings. The van der Waals surface area contributed by atoms with Gasteiger partial charge in [0.05, 0.1) is 24.1 Å². The Balaban J connectivity index is 2.66. The Morgan fingerprint density at radius 2 is 2.22 bits per heavy atom. The minimum absolute atomic E-state index is 0.0270. The van der Waals surface area contributed by atoms with Gasteiger partial charge in [-0.05, 0) is 18.2 Å². The molecule has 5 nitrogen and oxygen atoms in total. The number of alkyl halides is 1. The predicted octanol–water partition coefficient (Wildman–Crippen LogP) is 1.54. The van der Waals surface area contributed by atoms with Gasteiger partial charge in [0.1, 0.15) is 11.5 Å². The molecule has 1 aromatic rings. The third kappa shape index (κ3) is 4.19. The number of carbonyl (C=O) groups excluding carboxylic acids is 1. The second-order valence-electron chi connectivity index (χ2n) is 3.65. The highest BCUT2D eigenvalue weighted by Crippen LogP contribution is 2.22. The van der Waals surface area contributed by atoms with E-state index in [2.05, 4.69) is 21.2 Å². The molecular weight excluding hydrogens is 302 g/mol. The van der Waals surface area contributed by atoms with Crippen LogP contribution in [-0.2, 0) is 4.74 Å². The number of hydrogen-bond acceptors (Lipinski definition) is 4. The molecule has 0 heterocycles. The lowest BCUT2D eigenvalue weighted by atomic mass is 10.1. The van der Waals surface area contributed by atoms with Crippen molar-refractivity contribution in [1.29, 1.82) is 0 Å². The van der Waals surface area contributed by atoms with Crippen molar-refractivity contribution in [1.82, 2.24) is 5.32 Å². The molecule has 1 amide bonds. The van der Waals surface area contributed by atoms with Gasteiger partial charge in [-0.25, -0.2) is 0 Å². The van der Waals surface area contributed by atoms with E-state index in [1.165, 1.54) is 19.2 Å². The monoisotopic (exact) mass is 317 g/mol. The maximum Gasteiger partial charge on any atom is 0.255 e. The van der Waals surface area contributed by atoms with Crippen LogP contribution in [0.2, 0.25) is 0 Å². The van der Waals surface area contributed by atoms with Crippen LogP contribution in [0.25, 0.3) is 0 Å². The standard InChI is InChI=1S/C12H16BrNO4/c1-17-7-8(13)6-14-12(16)10-5-9(18-2)3-4-11(10)15/h3-5,8,15H,6-7H2,1-2H3,(H,14,16). The molecule has 1 rings (SSSR count). The third-order valence-corrected chi connectivity index (χ3v) is 2.87. The normalized spacial score (nSPS) is 11.9. The molecule has 0 spiro atoms. The Morgan fingerprint density at radius 3 is 2.83 bits per heavy atom. The van der Waals surface area contributed by atoms with Crippen LogP contribution in [0.5, 0.6) is 11.5 Å². The summed E-state index contributed by atoms with van der Waals surface area (Å²) < 4.78 is 9.94. The lowest BCUT2D eigenvalue weighted by molar-refractivity contribution is 0.0947. The van der Waals surface area contributed by atoms with Crippen LogP contribution in [0, 0.1) is 0 Å². The van der Waals surface area contributed by atoms with E-state index in [9.17, 15) is 9.90 Å². The average molecular weight is 318 g/mol. The summed E-state index contributed by atoms with van der Waals surface area (Å²) in [5.74, 6) is 0.0864. The Morgan fingerprint density at radius 1 is 1.50 bits per heavy atom. The maximum atomic E-state index is 11.9. The van der Waals surface area contributed by atoms with Gasteiger partial charge in [-0.15, -0.1) is 0 Å². The van der Waals surface area contributed by atoms with Crippen molar-refractivity contribution < 1.29 is 19.4 Å². The number of phenols is 1. The van der Waals surface area contributed by atoms with E-state index in [4.69, 9.17) is 9.47 Å². The number of rotatable bonds is 6. The number of carbonyl (C=O) groups is 1. The zero-order valence-corrected chi connectivity index (χ0v) is 11.9. The fraction of sp³-hybridized carbons (Fsp3) is 0.417. The van der Waals surface area contributed by atoms with Crippen molar-refractivity contribution in [2.75, 3.05) is 27.4 Å². The molecule has 0 saturated carbocycles. The minimum atomic E-state index is -0.355. The molecular formula is C12H16BrNO4. The number of ether oxygens (including phenoxy) is 2. The van der Waals surface area contributed by atoms with Gasteiger partial charge in [-0.2, -0.15) is 0 Å².